The predicted octanol–water partition coefficient (Wildman–Crippen LogP) is 3.12. The van der Waals surface area contributed by atoms with E-state index < -0.39 is 0 Å². The normalized spacial score (nSPS) is 23.5. The Labute approximate surface area is 82.6 Å². The monoisotopic (exact) mass is 181 g/mol. The second-order valence-electron chi connectivity index (χ2n) is 4.77. The zero-order valence-electron chi connectivity index (χ0n) is 9.27. The molecule has 1 atom stereocenters. The standard InChI is InChI=1S/C12H23N/c1-4-12(2,3)13-10-11-8-6-5-7-9-11/h5-6,11,13H,4,7-10H2,1-3H3/t11-/m0/s1. The van der Waals surface area contributed by atoms with Gasteiger partial charge in [-0.15, -0.1) is 0 Å². The van der Waals surface area contributed by atoms with Crippen LogP contribution in [0.4, 0.5) is 0 Å². The lowest BCUT2D eigenvalue weighted by atomic mass is 9.92. The fourth-order valence-corrected chi connectivity index (χ4v) is 1.59. The minimum absolute atomic E-state index is 0.321. The van der Waals surface area contributed by atoms with Crippen molar-refractivity contribution < 1.29 is 0 Å². The number of hydrogen-bond acceptors (Lipinski definition) is 1. The maximum Gasteiger partial charge on any atom is 0.0122 e. The van der Waals surface area contributed by atoms with E-state index >= 15 is 0 Å². The summed E-state index contributed by atoms with van der Waals surface area (Å²) >= 11 is 0. The average Bonchev–Trinajstić information content (AvgIpc) is 2.17. The van der Waals surface area contributed by atoms with E-state index in [1.54, 1.807) is 0 Å². The molecule has 0 radical (unpaired) electrons. The molecule has 76 valence electrons. The van der Waals surface area contributed by atoms with Gasteiger partial charge >= 0.3 is 0 Å². The molecule has 0 aromatic heterocycles. The third-order valence-corrected chi connectivity index (χ3v) is 3.13. The van der Waals surface area contributed by atoms with Crippen LogP contribution in [0.15, 0.2) is 12.2 Å². The molecular formula is C12H23N. The molecule has 0 amide bonds. The van der Waals surface area contributed by atoms with Gasteiger partial charge in [0, 0.05) is 5.54 Å². The van der Waals surface area contributed by atoms with E-state index in [4.69, 9.17) is 0 Å². The van der Waals surface area contributed by atoms with Gasteiger partial charge in [0.15, 0.2) is 0 Å². The lowest BCUT2D eigenvalue weighted by Gasteiger charge is -2.28. The van der Waals surface area contributed by atoms with Gasteiger partial charge in [-0.1, -0.05) is 19.1 Å². The van der Waals surface area contributed by atoms with E-state index in [1.807, 2.05) is 0 Å². The molecular weight excluding hydrogens is 158 g/mol. The van der Waals surface area contributed by atoms with Crippen LogP contribution in [-0.4, -0.2) is 12.1 Å². The van der Waals surface area contributed by atoms with Gasteiger partial charge in [0.1, 0.15) is 0 Å². The van der Waals surface area contributed by atoms with Crippen molar-refractivity contribution in [1.29, 1.82) is 0 Å². The molecule has 0 saturated heterocycles. The van der Waals surface area contributed by atoms with Crippen molar-refractivity contribution in [3.8, 4) is 0 Å². The van der Waals surface area contributed by atoms with Crippen LogP contribution in [0.1, 0.15) is 46.5 Å². The fourth-order valence-electron chi connectivity index (χ4n) is 1.59. The summed E-state index contributed by atoms with van der Waals surface area (Å²) in [6, 6.07) is 0. The van der Waals surface area contributed by atoms with Gasteiger partial charge in [0.05, 0.1) is 0 Å². The Morgan fingerprint density at radius 1 is 1.38 bits per heavy atom. The zero-order chi connectivity index (χ0) is 9.73. The van der Waals surface area contributed by atoms with Crippen LogP contribution < -0.4 is 5.32 Å². The Bertz CT molecular complexity index is 170. The van der Waals surface area contributed by atoms with Crippen molar-refractivity contribution in [2.24, 2.45) is 5.92 Å². The molecule has 13 heavy (non-hydrogen) atoms. The summed E-state index contributed by atoms with van der Waals surface area (Å²) in [6.45, 7) is 8.00. The SMILES string of the molecule is CCC(C)(C)NC[C@H]1CC=CCC1. The van der Waals surface area contributed by atoms with Crippen LogP contribution >= 0.6 is 0 Å². The highest BCUT2D eigenvalue weighted by molar-refractivity contribution is 4.91. The molecule has 1 heteroatoms. The fraction of sp³-hybridized carbons (Fsp3) is 0.833. The minimum atomic E-state index is 0.321. The molecule has 0 spiro atoms. The Balaban J connectivity index is 2.22. The highest BCUT2D eigenvalue weighted by atomic mass is 14.9. The van der Waals surface area contributed by atoms with Gasteiger partial charge in [0.25, 0.3) is 0 Å². The summed E-state index contributed by atoms with van der Waals surface area (Å²) in [7, 11) is 0. The quantitative estimate of drug-likeness (QED) is 0.657. The van der Waals surface area contributed by atoms with Gasteiger partial charge < -0.3 is 5.32 Å². The predicted molar refractivity (Wildman–Crippen MR) is 58.9 cm³/mol. The summed E-state index contributed by atoms with van der Waals surface area (Å²) in [5.74, 6) is 0.871. The van der Waals surface area contributed by atoms with Crippen LogP contribution in [0.5, 0.6) is 0 Å². The van der Waals surface area contributed by atoms with E-state index in [1.165, 1.54) is 32.2 Å². The van der Waals surface area contributed by atoms with E-state index in [9.17, 15) is 0 Å². The first-order valence-electron chi connectivity index (χ1n) is 5.54. The van der Waals surface area contributed by atoms with Crippen LogP contribution in [0.2, 0.25) is 0 Å². The number of allylic oxidation sites excluding steroid dienone is 2. The largest absolute Gasteiger partial charge is 0.312 e. The molecule has 0 bridgehead atoms. The summed E-state index contributed by atoms with van der Waals surface area (Å²) in [4.78, 5) is 0. The molecule has 0 aromatic rings. The molecule has 0 saturated carbocycles. The highest BCUT2D eigenvalue weighted by Crippen LogP contribution is 2.18. The number of nitrogens with one attached hydrogen (secondary N) is 1. The van der Waals surface area contributed by atoms with Crippen LogP contribution in [0.25, 0.3) is 0 Å². The van der Waals surface area contributed by atoms with Crippen molar-refractivity contribution in [1.82, 2.24) is 5.32 Å². The summed E-state index contributed by atoms with van der Waals surface area (Å²) in [5.41, 5.74) is 0.321. The second kappa shape index (κ2) is 4.80. The summed E-state index contributed by atoms with van der Waals surface area (Å²) < 4.78 is 0. The summed E-state index contributed by atoms with van der Waals surface area (Å²) in [6.07, 6.45) is 9.75. The third kappa shape index (κ3) is 3.95. The van der Waals surface area contributed by atoms with Crippen molar-refractivity contribution in [2.45, 2.75) is 52.0 Å². The minimum Gasteiger partial charge on any atom is -0.312 e. The van der Waals surface area contributed by atoms with E-state index in [-0.39, 0.29) is 0 Å². The highest BCUT2D eigenvalue weighted by Gasteiger charge is 2.16. The van der Waals surface area contributed by atoms with Crippen LogP contribution in [0.3, 0.4) is 0 Å². The molecule has 0 aliphatic heterocycles. The Hall–Kier alpha value is -0.300. The Kier molecular flexibility index (Phi) is 3.98. The molecule has 1 aliphatic carbocycles. The van der Waals surface area contributed by atoms with Crippen LogP contribution in [-0.2, 0) is 0 Å². The lowest BCUT2D eigenvalue weighted by molar-refractivity contribution is 0.327. The van der Waals surface area contributed by atoms with Gasteiger partial charge in [-0.2, -0.15) is 0 Å². The van der Waals surface area contributed by atoms with Crippen molar-refractivity contribution in [2.75, 3.05) is 6.54 Å². The third-order valence-electron chi connectivity index (χ3n) is 3.13. The molecule has 0 aromatic carbocycles. The molecule has 1 nitrogen and oxygen atoms in total. The van der Waals surface area contributed by atoms with Crippen LogP contribution in [0, 0.1) is 5.92 Å². The van der Waals surface area contributed by atoms with Crippen molar-refractivity contribution >= 4 is 0 Å². The van der Waals surface area contributed by atoms with Crippen molar-refractivity contribution in [3.63, 3.8) is 0 Å². The molecule has 1 N–H and O–H groups in total. The van der Waals surface area contributed by atoms with Gasteiger partial charge in [-0.25, -0.2) is 0 Å². The van der Waals surface area contributed by atoms with E-state index in [2.05, 4.69) is 38.2 Å². The first kappa shape index (κ1) is 10.8. The second-order valence-corrected chi connectivity index (χ2v) is 4.77. The first-order valence-corrected chi connectivity index (χ1v) is 5.54. The maximum absolute atomic E-state index is 3.64. The topological polar surface area (TPSA) is 12.0 Å². The van der Waals surface area contributed by atoms with Crippen molar-refractivity contribution in [3.05, 3.63) is 12.2 Å². The maximum atomic E-state index is 3.64. The smallest absolute Gasteiger partial charge is 0.0122 e. The zero-order valence-corrected chi connectivity index (χ0v) is 9.27. The molecule has 0 heterocycles. The average molecular weight is 181 g/mol. The molecule has 1 aliphatic rings. The van der Waals surface area contributed by atoms with E-state index in [0.29, 0.717) is 5.54 Å². The van der Waals surface area contributed by atoms with E-state index in [0.717, 1.165) is 5.92 Å². The number of hydrogen-bond donors (Lipinski definition) is 1. The Morgan fingerprint density at radius 3 is 2.69 bits per heavy atom. The molecule has 0 fully saturated rings. The lowest BCUT2D eigenvalue weighted by Crippen LogP contribution is -2.41. The number of rotatable bonds is 4. The Morgan fingerprint density at radius 2 is 2.15 bits per heavy atom. The van der Waals surface area contributed by atoms with Gasteiger partial charge in [0.2, 0.25) is 0 Å². The first-order chi connectivity index (χ1) is 6.14. The van der Waals surface area contributed by atoms with Gasteiger partial charge in [-0.05, 0) is 52.0 Å². The molecule has 0 unspecified atom stereocenters. The summed E-state index contributed by atoms with van der Waals surface area (Å²) in [5, 5.41) is 3.64. The molecule has 1 rings (SSSR count). The van der Waals surface area contributed by atoms with Gasteiger partial charge in [-0.3, -0.25) is 0 Å².